The van der Waals surface area contributed by atoms with Gasteiger partial charge in [0.2, 0.25) is 0 Å². The van der Waals surface area contributed by atoms with Crippen LogP contribution in [0, 0.1) is 35.5 Å². The van der Waals surface area contributed by atoms with E-state index in [1.54, 1.807) is 0 Å². The zero-order valence-corrected chi connectivity index (χ0v) is 9.80. The number of carbonyl (C=O) groups excluding carboxylic acids is 2. The highest BCUT2D eigenvalue weighted by Gasteiger charge is 2.79. The lowest BCUT2D eigenvalue weighted by Gasteiger charge is -2.15. The summed E-state index contributed by atoms with van der Waals surface area (Å²) >= 11 is 0. The third kappa shape index (κ3) is 0.850. The van der Waals surface area contributed by atoms with E-state index < -0.39 is 0 Å². The maximum absolute atomic E-state index is 11.9. The van der Waals surface area contributed by atoms with Crippen molar-refractivity contribution in [1.82, 2.24) is 0 Å². The Morgan fingerprint density at radius 3 is 1.76 bits per heavy atom. The smallest absolute Gasteiger partial charge is 0.334 e. The second-order valence-corrected chi connectivity index (χ2v) is 5.58. The molecular weight excluding hydrogens is 220 g/mol. The summed E-state index contributed by atoms with van der Waals surface area (Å²) in [4.78, 5) is 23.8. The average molecular weight is 234 g/mol. The van der Waals surface area contributed by atoms with E-state index >= 15 is 0 Å². The van der Waals surface area contributed by atoms with Crippen LogP contribution in [-0.4, -0.2) is 26.2 Å². The zero-order chi connectivity index (χ0) is 11.9. The first-order valence-electron chi connectivity index (χ1n) is 6.11. The van der Waals surface area contributed by atoms with Crippen LogP contribution in [0.3, 0.4) is 0 Å². The molecule has 17 heavy (non-hydrogen) atoms. The molecule has 0 aliphatic heterocycles. The molecule has 0 spiro atoms. The van der Waals surface area contributed by atoms with Gasteiger partial charge < -0.3 is 9.47 Å². The Kier molecular flexibility index (Phi) is 1.56. The third-order valence-electron chi connectivity index (χ3n) is 5.36. The predicted molar refractivity (Wildman–Crippen MR) is 56.6 cm³/mol. The predicted octanol–water partition coefficient (Wildman–Crippen LogP) is 0.771. The maximum atomic E-state index is 11.9. The summed E-state index contributed by atoms with van der Waals surface area (Å²) in [6.07, 6.45) is 1.19. The molecular formula is C13H14O4. The summed E-state index contributed by atoms with van der Waals surface area (Å²) in [5.41, 5.74) is 1.27. The molecule has 6 bridgehead atoms. The molecule has 0 amide bonds. The van der Waals surface area contributed by atoms with Crippen LogP contribution >= 0.6 is 0 Å². The molecule has 4 heteroatoms. The first-order chi connectivity index (χ1) is 8.20. The highest BCUT2D eigenvalue weighted by molar-refractivity contribution is 6.03. The van der Waals surface area contributed by atoms with Crippen molar-refractivity contribution in [3.8, 4) is 0 Å². The van der Waals surface area contributed by atoms with Crippen LogP contribution in [0.1, 0.15) is 6.42 Å². The Hall–Kier alpha value is -1.32. The van der Waals surface area contributed by atoms with Crippen LogP contribution in [0.4, 0.5) is 0 Å². The fourth-order valence-electron chi connectivity index (χ4n) is 5.04. The van der Waals surface area contributed by atoms with Crippen molar-refractivity contribution in [1.29, 1.82) is 0 Å². The number of hydrogen-bond acceptors (Lipinski definition) is 4. The normalized spacial score (nSPS) is 47.4. The van der Waals surface area contributed by atoms with Gasteiger partial charge in [0.15, 0.2) is 0 Å². The monoisotopic (exact) mass is 234 g/mol. The lowest BCUT2D eigenvalue weighted by atomic mass is 9.92. The van der Waals surface area contributed by atoms with Gasteiger partial charge in [-0.05, 0) is 41.9 Å². The van der Waals surface area contributed by atoms with Crippen LogP contribution in [0.25, 0.3) is 0 Å². The molecule has 0 radical (unpaired) electrons. The van der Waals surface area contributed by atoms with Crippen molar-refractivity contribution in [2.24, 2.45) is 35.5 Å². The van der Waals surface area contributed by atoms with Gasteiger partial charge in [-0.3, -0.25) is 0 Å². The number of esters is 2. The van der Waals surface area contributed by atoms with Crippen LogP contribution in [0.15, 0.2) is 11.1 Å². The van der Waals surface area contributed by atoms with Crippen LogP contribution in [-0.2, 0) is 19.1 Å². The van der Waals surface area contributed by atoms with Gasteiger partial charge in [-0.25, -0.2) is 9.59 Å². The van der Waals surface area contributed by atoms with Crippen LogP contribution in [0.2, 0.25) is 0 Å². The van der Waals surface area contributed by atoms with Gasteiger partial charge in [-0.1, -0.05) is 0 Å². The maximum Gasteiger partial charge on any atom is 0.334 e. The first-order valence-corrected chi connectivity index (χ1v) is 6.11. The molecule has 5 aliphatic carbocycles. The van der Waals surface area contributed by atoms with Crippen molar-refractivity contribution < 1.29 is 19.1 Å². The quantitative estimate of drug-likeness (QED) is 0.662. The summed E-state index contributed by atoms with van der Waals surface area (Å²) in [7, 11) is 2.76. The van der Waals surface area contributed by atoms with Gasteiger partial charge in [-0.15, -0.1) is 0 Å². The minimum absolute atomic E-state index is 0.288. The molecule has 4 saturated carbocycles. The Morgan fingerprint density at radius 1 is 0.941 bits per heavy atom. The molecule has 0 heterocycles. The van der Waals surface area contributed by atoms with Gasteiger partial charge in [-0.2, -0.15) is 0 Å². The second-order valence-electron chi connectivity index (χ2n) is 5.58. The molecule has 90 valence electrons. The molecule has 0 aromatic heterocycles. The van der Waals surface area contributed by atoms with E-state index in [-0.39, 0.29) is 23.8 Å². The van der Waals surface area contributed by atoms with E-state index in [2.05, 4.69) is 0 Å². The fourth-order valence-corrected chi connectivity index (χ4v) is 5.04. The van der Waals surface area contributed by atoms with Crippen molar-refractivity contribution in [2.45, 2.75) is 6.42 Å². The van der Waals surface area contributed by atoms with E-state index in [1.807, 2.05) is 0 Å². The minimum Gasteiger partial charge on any atom is -0.466 e. The fraction of sp³-hybridized carbons (Fsp3) is 0.692. The van der Waals surface area contributed by atoms with E-state index in [9.17, 15) is 9.59 Å². The Labute approximate surface area is 99.0 Å². The van der Waals surface area contributed by atoms with Crippen molar-refractivity contribution in [2.75, 3.05) is 14.2 Å². The summed E-state index contributed by atoms with van der Waals surface area (Å²) in [5.74, 6) is 2.52. The van der Waals surface area contributed by atoms with E-state index in [0.717, 1.165) is 5.92 Å². The summed E-state index contributed by atoms with van der Waals surface area (Å²) < 4.78 is 9.68. The van der Waals surface area contributed by atoms with Crippen molar-refractivity contribution in [3.63, 3.8) is 0 Å². The molecule has 4 nitrogen and oxygen atoms in total. The number of carbonyl (C=O) groups is 2. The van der Waals surface area contributed by atoms with Gasteiger partial charge in [0, 0.05) is 0 Å². The number of hydrogen-bond donors (Lipinski definition) is 0. The molecule has 5 aliphatic rings. The van der Waals surface area contributed by atoms with Gasteiger partial charge in [0.05, 0.1) is 25.4 Å². The lowest BCUT2D eigenvalue weighted by Crippen LogP contribution is -2.21. The number of ether oxygens (including phenoxy) is 2. The standard InChI is InChI=1S/C13H14O4/c1-16-12(14)10-8-5-3-4-6(8)7(4)9(5)11(10)13(15)17-2/h4-9H,3H2,1-2H3/t4?,5?,6-,7-,8+,9+/m0/s1. The molecule has 0 aromatic rings. The largest absolute Gasteiger partial charge is 0.466 e. The molecule has 0 saturated heterocycles. The van der Waals surface area contributed by atoms with E-state index in [4.69, 9.17) is 9.47 Å². The van der Waals surface area contributed by atoms with Gasteiger partial charge in [0.1, 0.15) is 0 Å². The molecule has 4 fully saturated rings. The number of rotatable bonds is 2. The van der Waals surface area contributed by atoms with Gasteiger partial charge in [0.25, 0.3) is 0 Å². The summed E-state index contributed by atoms with van der Waals surface area (Å²) in [5, 5.41) is 0. The van der Waals surface area contributed by atoms with Crippen LogP contribution < -0.4 is 0 Å². The molecule has 0 N–H and O–H groups in total. The minimum atomic E-state index is -0.325. The zero-order valence-electron chi connectivity index (χ0n) is 9.80. The van der Waals surface area contributed by atoms with Gasteiger partial charge >= 0.3 is 11.9 Å². The average Bonchev–Trinajstić information content (AvgIpc) is 2.75. The molecule has 5 rings (SSSR count). The lowest BCUT2D eigenvalue weighted by molar-refractivity contribution is -0.140. The summed E-state index contributed by atoms with van der Waals surface area (Å²) in [6.45, 7) is 0. The number of methoxy groups -OCH3 is 2. The SMILES string of the molecule is COC(=O)C1=C(C(=O)OC)[C@@H]2C3CC4[C@@H]([C@H]42)[C@H]13. The Balaban J connectivity index is 1.83. The second kappa shape index (κ2) is 2.74. The first kappa shape index (κ1) is 9.68. The third-order valence-corrected chi connectivity index (χ3v) is 5.36. The Bertz CT molecular complexity index is 438. The van der Waals surface area contributed by atoms with Crippen molar-refractivity contribution in [3.05, 3.63) is 11.1 Å². The van der Waals surface area contributed by atoms with E-state index in [0.29, 0.717) is 28.9 Å². The summed E-state index contributed by atoms with van der Waals surface area (Å²) in [6, 6.07) is 0. The molecule has 0 aromatic carbocycles. The molecule has 0 unspecified atom stereocenters. The highest BCUT2D eigenvalue weighted by atomic mass is 16.5. The van der Waals surface area contributed by atoms with E-state index in [1.165, 1.54) is 20.6 Å². The Morgan fingerprint density at radius 2 is 1.41 bits per heavy atom. The van der Waals surface area contributed by atoms with Crippen molar-refractivity contribution >= 4 is 11.9 Å². The van der Waals surface area contributed by atoms with Crippen LogP contribution in [0.5, 0.6) is 0 Å². The highest BCUT2D eigenvalue weighted by Crippen LogP contribution is 2.81. The topological polar surface area (TPSA) is 52.6 Å². The molecule has 4 atom stereocenters.